The molecule has 1 heterocycles. The van der Waals surface area contributed by atoms with Gasteiger partial charge >= 0.3 is 0 Å². The van der Waals surface area contributed by atoms with Crippen LogP contribution in [0.15, 0.2) is 6.20 Å². The summed E-state index contributed by atoms with van der Waals surface area (Å²) in [5.41, 5.74) is 0. The van der Waals surface area contributed by atoms with Crippen LogP contribution in [0.2, 0.25) is 0 Å². The van der Waals surface area contributed by atoms with E-state index < -0.39 is 6.10 Å². The smallest absolute Gasteiger partial charge is 0.0886 e. The Hall–Kier alpha value is -0.480. The molecule has 0 spiro atoms. The summed E-state index contributed by atoms with van der Waals surface area (Å²) in [5, 5.41) is 12.4. The molecular weight excluding hydrogens is 124 g/mol. The highest BCUT2D eigenvalue weighted by molar-refractivity contribution is 7.05. The van der Waals surface area contributed by atoms with Crippen LogP contribution in [0.1, 0.15) is 17.9 Å². The van der Waals surface area contributed by atoms with Gasteiger partial charge in [0.25, 0.3) is 0 Å². The fraction of sp³-hybridized carbons (Fsp3) is 0.500. The van der Waals surface area contributed by atoms with Gasteiger partial charge in [-0.1, -0.05) is 4.49 Å². The van der Waals surface area contributed by atoms with Crippen molar-refractivity contribution < 1.29 is 5.11 Å². The number of aliphatic hydroxyl groups excluding tert-OH is 1. The summed E-state index contributed by atoms with van der Waals surface area (Å²) in [6.07, 6.45) is 1.14. The van der Waals surface area contributed by atoms with E-state index in [1.54, 1.807) is 13.1 Å². The van der Waals surface area contributed by atoms with E-state index in [0.717, 1.165) is 4.88 Å². The Labute approximate surface area is 51.1 Å². The zero-order chi connectivity index (χ0) is 5.98. The number of nitrogens with zero attached hydrogens (tertiary/aromatic N) is 2. The van der Waals surface area contributed by atoms with Crippen molar-refractivity contribution in [3.8, 4) is 0 Å². The second-order valence-corrected chi connectivity index (χ2v) is 2.31. The third-order valence-electron chi connectivity index (χ3n) is 0.790. The number of hydrogen-bond donors (Lipinski definition) is 1. The molecule has 0 aliphatic rings. The van der Waals surface area contributed by atoms with E-state index in [1.807, 2.05) is 0 Å². The van der Waals surface area contributed by atoms with Crippen molar-refractivity contribution in [1.82, 2.24) is 9.59 Å². The molecule has 1 rings (SSSR count). The van der Waals surface area contributed by atoms with Crippen LogP contribution in [-0.2, 0) is 0 Å². The van der Waals surface area contributed by atoms with Crippen LogP contribution in [0.3, 0.4) is 0 Å². The molecule has 4 heteroatoms. The lowest BCUT2D eigenvalue weighted by atomic mass is 10.4. The largest absolute Gasteiger partial charge is 0.388 e. The van der Waals surface area contributed by atoms with Crippen molar-refractivity contribution >= 4 is 11.5 Å². The highest BCUT2D eigenvalue weighted by atomic mass is 32.1. The highest BCUT2D eigenvalue weighted by Crippen LogP contribution is 2.12. The van der Waals surface area contributed by atoms with E-state index in [0.29, 0.717) is 0 Å². The first-order valence-corrected chi connectivity index (χ1v) is 3.03. The van der Waals surface area contributed by atoms with Gasteiger partial charge in [0.15, 0.2) is 0 Å². The predicted molar refractivity (Wildman–Crippen MR) is 30.5 cm³/mol. The minimum Gasteiger partial charge on any atom is -0.388 e. The molecule has 1 aromatic rings. The maximum Gasteiger partial charge on any atom is 0.0886 e. The van der Waals surface area contributed by atoms with Crippen molar-refractivity contribution in [2.75, 3.05) is 0 Å². The number of aromatic nitrogens is 2. The third-order valence-corrected chi connectivity index (χ3v) is 1.62. The lowest BCUT2D eigenvalue weighted by Gasteiger charge is -1.92. The summed E-state index contributed by atoms with van der Waals surface area (Å²) < 4.78 is 3.58. The Morgan fingerprint density at radius 3 is 2.88 bits per heavy atom. The summed E-state index contributed by atoms with van der Waals surface area (Å²) >= 11 is 1.22. The molecule has 0 aliphatic carbocycles. The zero-order valence-electron chi connectivity index (χ0n) is 4.40. The minimum absolute atomic E-state index is 0.421. The fourth-order valence-corrected chi connectivity index (χ4v) is 0.794. The van der Waals surface area contributed by atoms with E-state index >= 15 is 0 Å². The van der Waals surface area contributed by atoms with Gasteiger partial charge in [-0.15, -0.1) is 5.10 Å². The molecule has 0 radical (unpaired) electrons. The quantitative estimate of drug-likeness (QED) is 0.605. The van der Waals surface area contributed by atoms with Crippen LogP contribution in [0.25, 0.3) is 0 Å². The van der Waals surface area contributed by atoms with Gasteiger partial charge in [0.1, 0.15) is 0 Å². The number of hydrogen-bond acceptors (Lipinski definition) is 4. The SMILES string of the molecule is CC(O)c1cnns1. The van der Waals surface area contributed by atoms with E-state index in [-0.39, 0.29) is 0 Å². The predicted octanol–water partition coefficient (Wildman–Crippen LogP) is 0.591. The van der Waals surface area contributed by atoms with Crippen LogP contribution in [0.4, 0.5) is 0 Å². The number of aliphatic hydroxyl groups is 1. The molecule has 1 N–H and O–H groups in total. The number of rotatable bonds is 1. The van der Waals surface area contributed by atoms with E-state index in [1.165, 1.54) is 11.5 Å². The van der Waals surface area contributed by atoms with Crippen LogP contribution < -0.4 is 0 Å². The summed E-state index contributed by atoms with van der Waals surface area (Å²) in [6, 6.07) is 0. The first-order chi connectivity index (χ1) is 3.80. The van der Waals surface area contributed by atoms with Crippen LogP contribution in [-0.4, -0.2) is 14.7 Å². The molecule has 0 saturated carbocycles. The first kappa shape index (κ1) is 5.65. The van der Waals surface area contributed by atoms with Gasteiger partial charge in [-0.2, -0.15) is 0 Å². The van der Waals surface area contributed by atoms with Crippen molar-refractivity contribution in [3.05, 3.63) is 11.1 Å². The molecule has 0 aliphatic heterocycles. The van der Waals surface area contributed by atoms with Crippen LogP contribution in [0.5, 0.6) is 0 Å². The molecule has 0 fully saturated rings. The minimum atomic E-state index is -0.421. The lowest BCUT2D eigenvalue weighted by Crippen LogP contribution is -1.83. The normalized spacial score (nSPS) is 13.8. The van der Waals surface area contributed by atoms with Gasteiger partial charge in [0.05, 0.1) is 17.2 Å². The Morgan fingerprint density at radius 1 is 1.88 bits per heavy atom. The second-order valence-electron chi connectivity index (χ2n) is 1.50. The van der Waals surface area contributed by atoms with E-state index in [4.69, 9.17) is 5.11 Å². The molecule has 0 amide bonds. The maximum atomic E-state index is 8.84. The van der Waals surface area contributed by atoms with Crippen molar-refractivity contribution in [2.45, 2.75) is 13.0 Å². The first-order valence-electron chi connectivity index (χ1n) is 2.26. The zero-order valence-corrected chi connectivity index (χ0v) is 5.22. The summed E-state index contributed by atoms with van der Waals surface area (Å²) in [5.74, 6) is 0. The van der Waals surface area contributed by atoms with Gasteiger partial charge in [0.2, 0.25) is 0 Å². The third kappa shape index (κ3) is 1.02. The van der Waals surface area contributed by atoms with Gasteiger partial charge in [-0.25, -0.2) is 0 Å². The molecule has 3 nitrogen and oxygen atoms in total. The maximum absolute atomic E-state index is 8.84. The molecule has 0 bridgehead atoms. The van der Waals surface area contributed by atoms with Gasteiger partial charge < -0.3 is 5.11 Å². The van der Waals surface area contributed by atoms with Crippen LogP contribution >= 0.6 is 11.5 Å². The summed E-state index contributed by atoms with van der Waals surface area (Å²) in [7, 11) is 0. The molecule has 0 aromatic carbocycles. The molecule has 1 unspecified atom stereocenters. The molecular formula is C4H6N2OS. The summed E-state index contributed by atoms with van der Waals surface area (Å²) in [6.45, 7) is 1.69. The molecule has 1 aromatic heterocycles. The topological polar surface area (TPSA) is 46.0 Å². The van der Waals surface area contributed by atoms with Gasteiger partial charge in [-0.3, -0.25) is 0 Å². The summed E-state index contributed by atoms with van der Waals surface area (Å²) in [4.78, 5) is 0.810. The van der Waals surface area contributed by atoms with Gasteiger partial charge in [-0.05, 0) is 18.5 Å². The average Bonchev–Trinajstić information content (AvgIpc) is 2.12. The molecule has 0 saturated heterocycles. The fourth-order valence-electron chi connectivity index (χ4n) is 0.359. The van der Waals surface area contributed by atoms with E-state index in [9.17, 15) is 0 Å². The Bertz CT molecular complexity index is 149. The Balaban J connectivity index is 2.77. The van der Waals surface area contributed by atoms with Crippen molar-refractivity contribution in [2.24, 2.45) is 0 Å². The monoisotopic (exact) mass is 130 g/mol. The lowest BCUT2D eigenvalue weighted by molar-refractivity contribution is 0.203. The molecule has 8 heavy (non-hydrogen) atoms. The molecule has 1 atom stereocenters. The Morgan fingerprint density at radius 2 is 2.62 bits per heavy atom. The van der Waals surface area contributed by atoms with Crippen LogP contribution in [0, 0.1) is 0 Å². The highest BCUT2D eigenvalue weighted by Gasteiger charge is 2.00. The standard InChI is InChI=1S/C4H6N2OS/c1-3(7)4-2-5-6-8-4/h2-3,7H,1H3. The van der Waals surface area contributed by atoms with Crippen molar-refractivity contribution in [1.29, 1.82) is 0 Å². The van der Waals surface area contributed by atoms with Gasteiger partial charge in [0, 0.05) is 0 Å². The Kier molecular flexibility index (Phi) is 1.55. The average molecular weight is 130 g/mol. The van der Waals surface area contributed by atoms with E-state index in [2.05, 4.69) is 9.59 Å². The second kappa shape index (κ2) is 2.19. The van der Waals surface area contributed by atoms with Crippen molar-refractivity contribution in [3.63, 3.8) is 0 Å². The molecule has 44 valence electrons.